The zero-order chi connectivity index (χ0) is 18.8. The molecule has 0 aliphatic carbocycles. The quantitative estimate of drug-likeness (QED) is 0.736. The largest absolute Gasteiger partial charge is 0.366 e. The molecule has 0 saturated heterocycles. The molecule has 0 bridgehead atoms. The Morgan fingerprint density at radius 2 is 1.85 bits per heavy atom. The molecule has 0 radical (unpaired) electrons. The van der Waals surface area contributed by atoms with Crippen molar-refractivity contribution in [2.24, 2.45) is 5.73 Å². The average molecular weight is 351 g/mol. The van der Waals surface area contributed by atoms with E-state index in [-0.39, 0.29) is 5.91 Å². The first kappa shape index (κ1) is 17.6. The number of fused-ring (bicyclic) bond motifs is 1. The smallest absolute Gasteiger partial charge is 0.248 e. The van der Waals surface area contributed by atoms with Crippen molar-refractivity contribution in [2.75, 3.05) is 5.32 Å². The van der Waals surface area contributed by atoms with Crippen molar-refractivity contribution in [1.29, 1.82) is 0 Å². The van der Waals surface area contributed by atoms with E-state index in [1.165, 1.54) is 0 Å². The molecule has 134 valence electrons. The van der Waals surface area contributed by atoms with Crippen molar-refractivity contribution in [1.82, 2.24) is 14.6 Å². The van der Waals surface area contributed by atoms with Gasteiger partial charge < -0.3 is 11.1 Å². The van der Waals surface area contributed by atoms with Gasteiger partial charge >= 0.3 is 0 Å². The van der Waals surface area contributed by atoms with E-state index < -0.39 is 5.91 Å². The molecule has 0 aliphatic rings. The van der Waals surface area contributed by atoms with Crippen LogP contribution in [0.4, 0.5) is 5.69 Å². The van der Waals surface area contributed by atoms with E-state index in [2.05, 4.69) is 15.4 Å². The van der Waals surface area contributed by atoms with E-state index in [1.54, 1.807) is 24.3 Å². The topological polar surface area (TPSA) is 102 Å². The monoisotopic (exact) mass is 351 g/mol. The number of aryl methyl sites for hydroxylation is 3. The maximum Gasteiger partial charge on any atom is 0.248 e. The molecule has 7 nitrogen and oxygen atoms in total. The van der Waals surface area contributed by atoms with Crippen molar-refractivity contribution in [3.63, 3.8) is 0 Å². The number of amides is 2. The molecule has 2 heterocycles. The standard InChI is InChI=1S/C19H21N5O2/c1-11-10-17-21-12(2)16(13(3)24(17)23-11)8-9-18(25)22-15-6-4-14(5-7-15)19(20)26/h4-7,10H,8-9H2,1-3H3,(H2,20,26)(H,22,25). The van der Waals surface area contributed by atoms with Crippen LogP contribution in [-0.2, 0) is 11.2 Å². The number of aromatic nitrogens is 3. The Hall–Kier alpha value is -3.22. The van der Waals surface area contributed by atoms with Crippen molar-refractivity contribution < 1.29 is 9.59 Å². The van der Waals surface area contributed by atoms with Crippen LogP contribution in [0.5, 0.6) is 0 Å². The molecule has 3 N–H and O–H groups in total. The van der Waals surface area contributed by atoms with E-state index in [1.807, 2.05) is 31.4 Å². The van der Waals surface area contributed by atoms with Crippen LogP contribution < -0.4 is 11.1 Å². The SMILES string of the molecule is Cc1cc2nc(C)c(CCC(=O)Nc3ccc(C(N)=O)cc3)c(C)n2n1. The third kappa shape index (κ3) is 3.56. The van der Waals surface area contributed by atoms with Crippen LogP contribution >= 0.6 is 0 Å². The first-order valence-corrected chi connectivity index (χ1v) is 8.37. The number of primary amides is 1. The molecule has 7 heteroatoms. The van der Waals surface area contributed by atoms with Crippen LogP contribution in [0.2, 0.25) is 0 Å². The van der Waals surface area contributed by atoms with E-state index in [9.17, 15) is 9.59 Å². The molecular weight excluding hydrogens is 330 g/mol. The van der Waals surface area contributed by atoms with E-state index in [0.717, 1.165) is 28.3 Å². The van der Waals surface area contributed by atoms with Crippen molar-refractivity contribution in [3.05, 3.63) is 58.5 Å². The van der Waals surface area contributed by atoms with Gasteiger partial charge in [0.25, 0.3) is 0 Å². The van der Waals surface area contributed by atoms with Gasteiger partial charge in [-0.05, 0) is 57.0 Å². The summed E-state index contributed by atoms with van der Waals surface area (Å²) in [6.45, 7) is 5.87. The third-order valence-corrected chi connectivity index (χ3v) is 4.34. The average Bonchev–Trinajstić information content (AvgIpc) is 2.95. The van der Waals surface area contributed by atoms with E-state index >= 15 is 0 Å². The fourth-order valence-corrected chi connectivity index (χ4v) is 2.98. The molecular formula is C19H21N5O2. The van der Waals surface area contributed by atoms with Gasteiger partial charge in [-0.2, -0.15) is 5.10 Å². The summed E-state index contributed by atoms with van der Waals surface area (Å²) in [5.41, 5.74) is 10.9. The van der Waals surface area contributed by atoms with Crippen LogP contribution in [-0.4, -0.2) is 26.4 Å². The number of rotatable bonds is 5. The fourth-order valence-electron chi connectivity index (χ4n) is 2.98. The number of nitrogens with one attached hydrogen (secondary N) is 1. The highest BCUT2D eigenvalue weighted by Crippen LogP contribution is 2.17. The van der Waals surface area contributed by atoms with Gasteiger partial charge in [-0.3, -0.25) is 9.59 Å². The molecule has 3 rings (SSSR count). The van der Waals surface area contributed by atoms with Gasteiger partial charge in [0.2, 0.25) is 11.8 Å². The first-order valence-electron chi connectivity index (χ1n) is 8.37. The highest BCUT2D eigenvalue weighted by Gasteiger charge is 2.13. The van der Waals surface area contributed by atoms with E-state index in [4.69, 9.17) is 5.73 Å². The van der Waals surface area contributed by atoms with Crippen LogP contribution in [0.25, 0.3) is 5.65 Å². The predicted molar refractivity (Wildman–Crippen MR) is 99.1 cm³/mol. The van der Waals surface area contributed by atoms with Crippen LogP contribution in [0, 0.1) is 20.8 Å². The first-order chi connectivity index (χ1) is 12.3. The summed E-state index contributed by atoms with van der Waals surface area (Å²) >= 11 is 0. The summed E-state index contributed by atoms with van der Waals surface area (Å²) in [6.07, 6.45) is 0.900. The van der Waals surface area contributed by atoms with Crippen LogP contribution in [0.1, 0.15) is 39.4 Å². The predicted octanol–water partition coefficient (Wildman–Crippen LogP) is 2.32. The van der Waals surface area contributed by atoms with Gasteiger partial charge in [0.15, 0.2) is 5.65 Å². The Bertz CT molecular complexity index is 989. The molecule has 1 aromatic carbocycles. The lowest BCUT2D eigenvalue weighted by molar-refractivity contribution is -0.116. The molecule has 2 amide bonds. The van der Waals surface area contributed by atoms with Gasteiger partial charge in [0.05, 0.1) is 5.69 Å². The zero-order valence-corrected chi connectivity index (χ0v) is 15.0. The summed E-state index contributed by atoms with van der Waals surface area (Å²) < 4.78 is 1.82. The molecule has 0 atom stereocenters. The lowest BCUT2D eigenvalue weighted by atomic mass is 10.1. The maximum absolute atomic E-state index is 12.2. The summed E-state index contributed by atoms with van der Waals surface area (Å²) in [5, 5.41) is 7.27. The highest BCUT2D eigenvalue weighted by molar-refractivity contribution is 5.94. The minimum absolute atomic E-state index is 0.104. The van der Waals surface area contributed by atoms with Gasteiger partial charge in [-0.15, -0.1) is 0 Å². The second kappa shape index (κ2) is 6.95. The molecule has 0 saturated carbocycles. The highest BCUT2D eigenvalue weighted by atomic mass is 16.2. The number of anilines is 1. The summed E-state index contributed by atoms with van der Waals surface area (Å²) in [4.78, 5) is 27.9. The Kier molecular flexibility index (Phi) is 4.71. The van der Waals surface area contributed by atoms with Crippen molar-refractivity contribution >= 4 is 23.1 Å². The maximum atomic E-state index is 12.2. The third-order valence-electron chi connectivity index (χ3n) is 4.34. The Morgan fingerprint density at radius 1 is 1.15 bits per heavy atom. The number of carbonyl (C=O) groups is 2. The lowest BCUT2D eigenvalue weighted by Crippen LogP contribution is -2.15. The molecule has 0 spiro atoms. The second-order valence-electron chi connectivity index (χ2n) is 6.31. The van der Waals surface area contributed by atoms with Gasteiger partial charge in [-0.25, -0.2) is 9.50 Å². The number of hydrogen-bond acceptors (Lipinski definition) is 4. The number of hydrogen-bond donors (Lipinski definition) is 2. The Balaban J connectivity index is 1.69. The van der Waals surface area contributed by atoms with Crippen LogP contribution in [0.3, 0.4) is 0 Å². The Morgan fingerprint density at radius 3 is 2.50 bits per heavy atom. The van der Waals surface area contributed by atoms with Gasteiger partial charge in [-0.1, -0.05) is 0 Å². The molecule has 3 aromatic rings. The zero-order valence-electron chi connectivity index (χ0n) is 15.0. The van der Waals surface area contributed by atoms with Crippen molar-refractivity contribution in [3.8, 4) is 0 Å². The molecule has 2 aromatic heterocycles. The molecule has 26 heavy (non-hydrogen) atoms. The van der Waals surface area contributed by atoms with Crippen molar-refractivity contribution in [2.45, 2.75) is 33.6 Å². The lowest BCUT2D eigenvalue weighted by Gasteiger charge is -2.11. The summed E-state index contributed by atoms with van der Waals surface area (Å²) in [7, 11) is 0. The summed E-state index contributed by atoms with van der Waals surface area (Å²) in [6, 6.07) is 8.43. The normalized spacial score (nSPS) is 10.9. The number of nitrogens with two attached hydrogens (primary N) is 1. The Labute approximate surface area is 151 Å². The minimum atomic E-state index is -0.495. The summed E-state index contributed by atoms with van der Waals surface area (Å²) in [5.74, 6) is -0.599. The van der Waals surface area contributed by atoms with E-state index in [0.29, 0.717) is 24.1 Å². The number of benzene rings is 1. The molecule has 0 unspecified atom stereocenters. The number of carbonyl (C=O) groups excluding carboxylic acids is 2. The second-order valence-corrected chi connectivity index (χ2v) is 6.31. The minimum Gasteiger partial charge on any atom is -0.366 e. The molecule has 0 fully saturated rings. The van der Waals surface area contributed by atoms with Crippen LogP contribution in [0.15, 0.2) is 30.3 Å². The van der Waals surface area contributed by atoms with Gasteiger partial charge in [0, 0.05) is 35.1 Å². The number of nitrogens with zero attached hydrogens (tertiary/aromatic N) is 3. The molecule has 0 aliphatic heterocycles. The van der Waals surface area contributed by atoms with Gasteiger partial charge in [0.1, 0.15) is 0 Å². The fraction of sp³-hybridized carbons (Fsp3) is 0.263.